The van der Waals surface area contributed by atoms with Crippen molar-refractivity contribution >= 4 is 42.6 Å². The van der Waals surface area contributed by atoms with E-state index in [-0.39, 0.29) is 10.4 Å². The number of carbonyl (C=O) groups excluding carboxylic acids is 1. The maximum atomic E-state index is 13.7. The van der Waals surface area contributed by atoms with E-state index < -0.39 is 21.7 Å². The van der Waals surface area contributed by atoms with Crippen LogP contribution in [0.15, 0.2) is 47.4 Å². The molecule has 0 unspecified atom stereocenters. The first-order valence-electron chi connectivity index (χ1n) is 8.67. The number of nitrogens with zero attached hydrogens (tertiary/aromatic N) is 2. The highest BCUT2D eigenvalue weighted by molar-refractivity contribution is 7.89. The van der Waals surface area contributed by atoms with Gasteiger partial charge in [-0.25, -0.2) is 17.8 Å². The Bertz CT molecular complexity index is 1120. The molecule has 1 aliphatic rings. The maximum absolute atomic E-state index is 13.7. The lowest BCUT2D eigenvalue weighted by Crippen LogP contribution is -2.30. The quantitative estimate of drug-likeness (QED) is 0.619. The molecule has 1 aliphatic heterocycles. The summed E-state index contributed by atoms with van der Waals surface area (Å²) in [6.07, 6.45) is 1.72. The van der Waals surface area contributed by atoms with Crippen LogP contribution in [0.25, 0.3) is 10.2 Å². The molecule has 0 spiro atoms. The molecule has 4 rings (SSSR count). The molecule has 3 aromatic rings. The zero-order chi connectivity index (χ0) is 19.7. The van der Waals surface area contributed by atoms with E-state index in [4.69, 9.17) is 0 Å². The van der Waals surface area contributed by atoms with Crippen molar-refractivity contribution in [3.05, 3.63) is 53.8 Å². The first-order valence-corrected chi connectivity index (χ1v) is 10.9. The Morgan fingerprint density at radius 1 is 1.11 bits per heavy atom. The zero-order valence-electron chi connectivity index (χ0n) is 14.7. The topological polar surface area (TPSA) is 91.4 Å². The highest BCUT2D eigenvalue weighted by Gasteiger charge is 2.27. The fourth-order valence-electron chi connectivity index (χ4n) is 3.01. The number of hydrazine groups is 1. The molecule has 1 fully saturated rings. The number of amides is 1. The van der Waals surface area contributed by atoms with Gasteiger partial charge in [0.2, 0.25) is 15.2 Å². The second-order valence-electron chi connectivity index (χ2n) is 6.32. The molecule has 2 aromatic carbocycles. The van der Waals surface area contributed by atoms with Gasteiger partial charge in [-0.05, 0) is 49.2 Å². The van der Waals surface area contributed by atoms with E-state index in [1.807, 2.05) is 0 Å². The highest BCUT2D eigenvalue weighted by atomic mass is 32.2. The van der Waals surface area contributed by atoms with Crippen LogP contribution in [0.1, 0.15) is 23.2 Å². The van der Waals surface area contributed by atoms with Crippen LogP contribution in [-0.2, 0) is 10.0 Å². The molecule has 0 radical (unpaired) electrons. The molecule has 0 saturated carbocycles. The second kappa shape index (κ2) is 7.46. The molecular weight excluding hydrogens is 403 g/mol. The summed E-state index contributed by atoms with van der Waals surface area (Å²) >= 11 is 1.21. The van der Waals surface area contributed by atoms with Crippen molar-refractivity contribution in [2.24, 2.45) is 0 Å². The predicted octanol–water partition coefficient (Wildman–Crippen LogP) is 2.98. The van der Waals surface area contributed by atoms with E-state index in [1.165, 1.54) is 46.0 Å². The fraction of sp³-hybridized carbons (Fsp3) is 0.222. The molecule has 1 saturated heterocycles. The number of thiazole rings is 1. The summed E-state index contributed by atoms with van der Waals surface area (Å²) in [7, 11) is -3.51. The van der Waals surface area contributed by atoms with E-state index in [0.717, 1.165) is 12.8 Å². The van der Waals surface area contributed by atoms with Crippen LogP contribution in [0.5, 0.6) is 0 Å². The average Bonchev–Trinajstić information content (AvgIpc) is 3.37. The Balaban J connectivity index is 1.44. The van der Waals surface area contributed by atoms with Gasteiger partial charge in [0.15, 0.2) is 0 Å². The summed E-state index contributed by atoms with van der Waals surface area (Å²) in [5.41, 5.74) is 5.68. The Kier molecular flexibility index (Phi) is 5.00. The van der Waals surface area contributed by atoms with Gasteiger partial charge in [-0.3, -0.25) is 15.6 Å². The molecule has 1 aromatic heterocycles. The smallest absolute Gasteiger partial charge is 0.269 e. The largest absolute Gasteiger partial charge is 0.273 e. The van der Waals surface area contributed by atoms with Crippen molar-refractivity contribution < 1.29 is 17.6 Å². The van der Waals surface area contributed by atoms with Crippen molar-refractivity contribution in [2.75, 3.05) is 18.5 Å². The first kappa shape index (κ1) is 18.8. The van der Waals surface area contributed by atoms with Gasteiger partial charge in [-0.1, -0.05) is 17.4 Å². The number of anilines is 1. The van der Waals surface area contributed by atoms with Gasteiger partial charge in [0.05, 0.1) is 9.60 Å². The number of hydrogen-bond acceptors (Lipinski definition) is 6. The van der Waals surface area contributed by atoms with Gasteiger partial charge in [0.1, 0.15) is 11.3 Å². The van der Waals surface area contributed by atoms with E-state index in [0.29, 0.717) is 28.5 Å². The predicted molar refractivity (Wildman–Crippen MR) is 105 cm³/mol. The molecule has 28 heavy (non-hydrogen) atoms. The van der Waals surface area contributed by atoms with Crippen molar-refractivity contribution in [1.29, 1.82) is 0 Å². The SMILES string of the molecule is O=C(NNc1nc2c(F)cccc2s1)c1ccc(S(=O)(=O)N2CCCC2)cc1. The zero-order valence-corrected chi connectivity index (χ0v) is 16.3. The van der Waals surface area contributed by atoms with Crippen LogP contribution in [0.4, 0.5) is 9.52 Å². The van der Waals surface area contributed by atoms with Crippen molar-refractivity contribution in [2.45, 2.75) is 17.7 Å². The van der Waals surface area contributed by atoms with Crippen LogP contribution in [0.2, 0.25) is 0 Å². The van der Waals surface area contributed by atoms with Gasteiger partial charge in [-0.2, -0.15) is 4.31 Å². The number of sulfonamides is 1. The summed E-state index contributed by atoms with van der Waals surface area (Å²) in [5.74, 6) is -0.882. The number of nitrogens with one attached hydrogen (secondary N) is 2. The lowest BCUT2D eigenvalue weighted by Gasteiger charge is -2.15. The number of aromatic nitrogens is 1. The molecule has 0 aliphatic carbocycles. The molecule has 0 bridgehead atoms. The minimum absolute atomic E-state index is 0.167. The van der Waals surface area contributed by atoms with Gasteiger partial charge >= 0.3 is 0 Å². The van der Waals surface area contributed by atoms with Crippen LogP contribution in [0.3, 0.4) is 0 Å². The summed E-state index contributed by atoms with van der Waals surface area (Å²) in [6, 6.07) is 10.4. The molecule has 146 valence electrons. The number of carbonyl (C=O) groups is 1. The van der Waals surface area contributed by atoms with Crippen LogP contribution in [-0.4, -0.2) is 36.7 Å². The highest BCUT2D eigenvalue weighted by Crippen LogP contribution is 2.27. The van der Waals surface area contributed by atoms with Crippen molar-refractivity contribution in [3.8, 4) is 0 Å². The van der Waals surface area contributed by atoms with Crippen LogP contribution >= 0.6 is 11.3 Å². The molecule has 0 atom stereocenters. The van der Waals surface area contributed by atoms with Gasteiger partial charge in [0.25, 0.3) is 5.91 Å². The number of fused-ring (bicyclic) bond motifs is 1. The van der Waals surface area contributed by atoms with Crippen LogP contribution < -0.4 is 10.9 Å². The van der Waals surface area contributed by atoms with E-state index in [1.54, 1.807) is 12.1 Å². The third kappa shape index (κ3) is 3.58. The second-order valence-corrected chi connectivity index (χ2v) is 9.29. The van der Waals surface area contributed by atoms with Crippen molar-refractivity contribution in [1.82, 2.24) is 14.7 Å². The third-order valence-corrected chi connectivity index (χ3v) is 7.32. The molecule has 10 heteroatoms. The molecular formula is C18H17FN4O3S2. The summed E-state index contributed by atoms with van der Waals surface area (Å²) in [5, 5.41) is 0.349. The van der Waals surface area contributed by atoms with Crippen molar-refractivity contribution in [3.63, 3.8) is 0 Å². The van der Waals surface area contributed by atoms with E-state index in [9.17, 15) is 17.6 Å². The fourth-order valence-corrected chi connectivity index (χ4v) is 5.36. The monoisotopic (exact) mass is 420 g/mol. The lowest BCUT2D eigenvalue weighted by atomic mass is 10.2. The van der Waals surface area contributed by atoms with Gasteiger partial charge < -0.3 is 0 Å². The summed E-state index contributed by atoms with van der Waals surface area (Å²) in [4.78, 5) is 16.6. The molecule has 2 heterocycles. The first-order chi connectivity index (χ1) is 13.4. The Hall–Kier alpha value is -2.56. The summed E-state index contributed by atoms with van der Waals surface area (Å²) in [6.45, 7) is 1.05. The van der Waals surface area contributed by atoms with Gasteiger partial charge in [0, 0.05) is 18.7 Å². The molecule has 1 amide bonds. The Morgan fingerprint density at radius 2 is 1.82 bits per heavy atom. The number of halogens is 1. The molecule has 2 N–H and O–H groups in total. The number of para-hydroxylation sites is 1. The average molecular weight is 420 g/mol. The summed E-state index contributed by atoms with van der Waals surface area (Å²) < 4.78 is 40.8. The molecule has 7 nitrogen and oxygen atoms in total. The number of rotatable bonds is 5. The van der Waals surface area contributed by atoms with E-state index >= 15 is 0 Å². The van der Waals surface area contributed by atoms with Crippen LogP contribution in [0, 0.1) is 5.82 Å². The Morgan fingerprint density at radius 3 is 2.50 bits per heavy atom. The Labute approximate surface area is 165 Å². The lowest BCUT2D eigenvalue weighted by molar-refractivity contribution is 0.0962. The minimum atomic E-state index is -3.51. The maximum Gasteiger partial charge on any atom is 0.269 e. The number of benzene rings is 2. The minimum Gasteiger partial charge on any atom is -0.273 e. The standard InChI is InChI=1S/C18H17FN4O3S2/c19-14-4-3-5-15-16(14)20-18(27-15)22-21-17(24)12-6-8-13(9-7-12)28(25,26)23-10-1-2-11-23/h3-9H,1-2,10-11H2,(H,20,22)(H,21,24). The van der Waals surface area contributed by atoms with Gasteiger partial charge in [-0.15, -0.1) is 0 Å². The normalized spacial score (nSPS) is 15.0. The third-order valence-electron chi connectivity index (χ3n) is 4.47. The number of hydrogen-bond donors (Lipinski definition) is 2. The van der Waals surface area contributed by atoms with E-state index in [2.05, 4.69) is 15.8 Å².